The van der Waals surface area contributed by atoms with Gasteiger partial charge in [-0.05, 0) is 19.1 Å². The smallest absolute Gasteiger partial charge is 0.358 e. The highest BCUT2D eigenvalue weighted by atomic mass is 32.1. The monoisotopic (exact) mass is 366 g/mol. The molecule has 1 heterocycles. The van der Waals surface area contributed by atoms with Crippen LogP contribution in [-0.4, -0.2) is 30.0 Å². The van der Waals surface area contributed by atoms with Crippen molar-refractivity contribution in [3.63, 3.8) is 0 Å². The number of rotatable bonds is 5. The third kappa shape index (κ3) is 3.97. The fourth-order valence-corrected chi connectivity index (χ4v) is 3.20. The molecule has 0 N–H and O–H groups in total. The molecule has 0 aliphatic carbocycles. The molecule has 0 aliphatic heterocycles. The van der Waals surface area contributed by atoms with E-state index in [4.69, 9.17) is 4.74 Å². The molecule has 132 valence electrons. The average Bonchev–Trinajstić information content (AvgIpc) is 3.18. The van der Waals surface area contributed by atoms with Gasteiger partial charge in [0.25, 0.3) is 5.91 Å². The first-order valence-corrected chi connectivity index (χ1v) is 8.99. The van der Waals surface area contributed by atoms with Crippen molar-refractivity contribution in [3.8, 4) is 10.6 Å². The van der Waals surface area contributed by atoms with Crippen LogP contribution < -0.4 is 4.90 Å². The van der Waals surface area contributed by atoms with Crippen LogP contribution in [0.3, 0.4) is 0 Å². The molecule has 3 aromatic rings. The molecule has 5 nitrogen and oxygen atoms in total. The zero-order valence-corrected chi connectivity index (χ0v) is 15.3. The predicted octanol–water partition coefficient (Wildman–Crippen LogP) is 4.02. The molecule has 2 aromatic carbocycles. The number of thiazole rings is 1. The second-order valence-electron chi connectivity index (χ2n) is 5.68. The van der Waals surface area contributed by atoms with Gasteiger partial charge in [0.05, 0.1) is 0 Å². The molecule has 1 atom stereocenters. The summed E-state index contributed by atoms with van der Waals surface area (Å²) in [6.45, 7) is 1.56. The Morgan fingerprint density at radius 3 is 2.31 bits per heavy atom. The first kappa shape index (κ1) is 17.8. The van der Waals surface area contributed by atoms with Crippen LogP contribution in [0.4, 0.5) is 5.69 Å². The molecule has 3 rings (SSSR count). The SMILES string of the molecule is C[C@H](OC(=O)c1csc(-c2ccccc2)n1)C(=O)N(C)c1ccccc1. The van der Waals surface area contributed by atoms with E-state index < -0.39 is 12.1 Å². The quantitative estimate of drug-likeness (QED) is 0.640. The molecule has 26 heavy (non-hydrogen) atoms. The van der Waals surface area contributed by atoms with Gasteiger partial charge in [0.1, 0.15) is 5.01 Å². The van der Waals surface area contributed by atoms with Gasteiger partial charge in [-0.2, -0.15) is 0 Å². The highest BCUT2D eigenvalue weighted by Gasteiger charge is 2.24. The summed E-state index contributed by atoms with van der Waals surface area (Å²) >= 11 is 1.36. The van der Waals surface area contributed by atoms with Crippen LogP contribution in [0, 0.1) is 0 Å². The number of nitrogens with zero attached hydrogens (tertiary/aromatic N) is 2. The van der Waals surface area contributed by atoms with Crippen molar-refractivity contribution in [2.75, 3.05) is 11.9 Å². The lowest BCUT2D eigenvalue weighted by molar-refractivity contribution is -0.126. The standard InChI is InChI=1S/C20H18N2O3S/c1-14(19(23)22(2)16-11-7-4-8-12-16)25-20(24)17-13-26-18(21-17)15-9-5-3-6-10-15/h3-14H,1-2H3/t14-/m0/s1. The molecule has 0 aliphatic rings. The molecule has 1 amide bonds. The Balaban J connectivity index is 1.66. The summed E-state index contributed by atoms with van der Waals surface area (Å²) in [6, 6.07) is 18.8. The van der Waals surface area contributed by atoms with E-state index in [1.54, 1.807) is 19.4 Å². The number of benzene rings is 2. The van der Waals surface area contributed by atoms with Gasteiger partial charge in [-0.15, -0.1) is 11.3 Å². The summed E-state index contributed by atoms with van der Waals surface area (Å²) < 4.78 is 5.30. The van der Waals surface area contributed by atoms with Gasteiger partial charge in [-0.25, -0.2) is 9.78 Å². The van der Waals surface area contributed by atoms with Crippen LogP contribution in [0.15, 0.2) is 66.0 Å². The zero-order valence-electron chi connectivity index (χ0n) is 14.5. The summed E-state index contributed by atoms with van der Waals surface area (Å²) in [4.78, 5) is 30.6. The van der Waals surface area contributed by atoms with Crippen molar-refractivity contribution < 1.29 is 14.3 Å². The fourth-order valence-electron chi connectivity index (χ4n) is 2.40. The number of aromatic nitrogens is 1. The van der Waals surface area contributed by atoms with Crippen LogP contribution in [0.25, 0.3) is 10.6 Å². The largest absolute Gasteiger partial charge is 0.448 e. The molecular weight excluding hydrogens is 348 g/mol. The lowest BCUT2D eigenvalue weighted by Gasteiger charge is -2.21. The van der Waals surface area contributed by atoms with Crippen molar-refractivity contribution in [2.24, 2.45) is 0 Å². The van der Waals surface area contributed by atoms with E-state index in [1.165, 1.54) is 16.2 Å². The minimum absolute atomic E-state index is 0.205. The van der Waals surface area contributed by atoms with Gasteiger partial charge in [0.2, 0.25) is 0 Å². The second kappa shape index (κ2) is 7.93. The van der Waals surface area contributed by atoms with Crippen LogP contribution in [-0.2, 0) is 9.53 Å². The van der Waals surface area contributed by atoms with Gasteiger partial charge in [-0.1, -0.05) is 48.5 Å². The Kier molecular flexibility index (Phi) is 5.43. The van der Waals surface area contributed by atoms with Crippen molar-refractivity contribution in [1.29, 1.82) is 0 Å². The van der Waals surface area contributed by atoms with Gasteiger partial charge < -0.3 is 9.64 Å². The molecule has 0 fully saturated rings. The summed E-state index contributed by atoms with van der Waals surface area (Å²) in [7, 11) is 1.65. The summed E-state index contributed by atoms with van der Waals surface area (Å²) in [5, 5.41) is 2.38. The van der Waals surface area contributed by atoms with E-state index in [-0.39, 0.29) is 11.6 Å². The van der Waals surface area contributed by atoms with Gasteiger partial charge in [0, 0.05) is 23.7 Å². The number of hydrogen-bond acceptors (Lipinski definition) is 5. The van der Waals surface area contributed by atoms with Gasteiger partial charge >= 0.3 is 5.97 Å². The van der Waals surface area contributed by atoms with Crippen LogP contribution in [0.1, 0.15) is 17.4 Å². The average molecular weight is 366 g/mol. The Morgan fingerprint density at radius 2 is 1.65 bits per heavy atom. The Labute approximate surface area is 155 Å². The van der Waals surface area contributed by atoms with E-state index in [0.29, 0.717) is 0 Å². The normalized spacial score (nSPS) is 11.6. The number of amides is 1. The van der Waals surface area contributed by atoms with Crippen LogP contribution >= 0.6 is 11.3 Å². The van der Waals surface area contributed by atoms with Gasteiger partial charge in [-0.3, -0.25) is 4.79 Å². The van der Waals surface area contributed by atoms with E-state index in [9.17, 15) is 9.59 Å². The predicted molar refractivity (Wildman–Crippen MR) is 102 cm³/mol. The summed E-state index contributed by atoms with van der Waals surface area (Å²) in [5.41, 5.74) is 1.88. The number of carbonyl (C=O) groups excluding carboxylic acids is 2. The molecular formula is C20H18N2O3S. The van der Waals surface area contributed by atoms with Gasteiger partial charge in [0.15, 0.2) is 11.8 Å². The highest BCUT2D eigenvalue weighted by molar-refractivity contribution is 7.13. The Bertz CT molecular complexity index is 894. The number of esters is 1. The number of para-hydroxylation sites is 1. The van der Waals surface area contributed by atoms with Crippen LogP contribution in [0.5, 0.6) is 0 Å². The molecule has 0 radical (unpaired) electrons. The highest BCUT2D eigenvalue weighted by Crippen LogP contribution is 2.24. The van der Waals surface area contributed by atoms with E-state index >= 15 is 0 Å². The second-order valence-corrected chi connectivity index (χ2v) is 6.54. The minimum Gasteiger partial charge on any atom is -0.448 e. The minimum atomic E-state index is -0.908. The van der Waals surface area contributed by atoms with Crippen molar-refractivity contribution in [2.45, 2.75) is 13.0 Å². The maximum Gasteiger partial charge on any atom is 0.358 e. The van der Waals surface area contributed by atoms with E-state index in [0.717, 1.165) is 16.3 Å². The molecule has 1 aromatic heterocycles. The Hall–Kier alpha value is -2.99. The lowest BCUT2D eigenvalue weighted by atomic mass is 10.2. The van der Waals surface area contributed by atoms with Crippen LogP contribution in [0.2, 0.25) is 0 Å². The Morgan fingerprint density at radius 1 is 1.04 bits per heavy atom. The third-order valence-electron chi connectivity index (χ3n) is 3.84. The molecule has 0 spiro atoms. The summed E-state index contributed by atoms with van der Waals surface area (Å²) in [6.07, 6.45) is -0.908. The fraction of sp³-hybridized carbons (Fsp3) is 0.150. The van der Waals surface area contributed by atoms with E-state index in [2.05, 4.69) is 4.98 Å². The molecule has 0 unspecified atom stereocenters. The topological polar surface area (TPSA) is 59.5 Å². The van der Waals surface area contributed by atoms with E-state index in [1.807, 2.05) is 60.7 Å². The molecule has 0 bridgehead atoms. The van der Waals surface area contributed by atoms with Crippen molar-refractivity contribution >= 4 is 28.9 Å². The first-order valence-electron chi connectivity index (χ1n) is 8.11. The maximum absolute atomic E-state index is 12.5. The number of ether oxygens (including phenoxy) is 1. The molecule has 0 saturated heterocycles. The number of likely N-dealkylation sites (N-methyl/N-ethyl adjacent to an activating group) is 1. The summed E-state index contributed by atoms with van der Waals surface area (Å²) in [5.74, 6) is -0.909. The lowest BCUT2D eigenvalue weighted by Crippen LogP contribution is -2.37. The number of carbonyl (C=O) groups is 2. The zero-order chi connectivity index (χ0) is 18.5. The first-order chi connectivity index (χ1) is 12.6. The number of hydrogen-bond donors (Lipinski definition) is 0. The third-order valence-corrected chi connectivity index (χ3v) is 4.73. The maximum atomic E-state index is 12.5. The van der Waals surface area contributed by atoms with Crippen molar-refractivity contribution in [1.82, 2.24) is 4.98 Å². The molecule has 0 saturated carbocycles. The molecule has 6 heteroatoms. The van der Waals surface area contributed by atoms with Crippen molar-refractivity contribution in [3.05, 3.63) is 71.7 Å². The number of anilines is 1.